The summed E-state index contributed by atoms with van der Waals surface area (Å²) in [5.74, 6) is 1.21. The first-order valence-corrected chi connectivity index (χ1v) is 7.64. The first kappa shape index (κ1) is 13.8. The molecule has 1 aliphatic rings. The highest BCUT2D eigenvalue weighted by Crippen LogP contribution is 2.25. The van der Waals surface area contributed by atoms with Crippen LogP contribution in [-0.2, 0) is 6.54 Å². The molecule has 18 heavy (non-hydrogen) atoms. The summed E-state index contributed by atoms with van der Waals surface area (Å²) in [5.41, 5.74) is 7.57. The van der Waals surface area contributed by atoms with Gasteiger partial charge in [-0.3, -0.25) is 9.88 Å². The molecule has 0 radical (unpaired) electrons. The third kappa shape index (κ3) is 3.22. The maximum Gasteiger partial charge on any atom is 0.122 e. The van der Waals surface area contributed by atoms with E-state index >= 15 is 0 Å². The molecule has 1 aromatic heterocycles. The number of nitrogens with two attached hydrogens (primary N) is 1. The van der Waals surface area contributed by atoms with Crippen LogP contribution in [0.2, 0.25) is 0 Å². The fraction of sp³-hybridized carbons (Fsp3) is 0.538. The summed E-state index contributed by atoms with van der Waals surface area (Å²) in [6.07, 6.45) is 1.79. The Hall–Kier alpha value is -0.650. The topological polar surface area (TPSA) is 42.2 Å². The molecule has 98 valence electrons. The number of hydrogen-bond acceptors (Lipinski definition) is 4. The van der Waals surface area contributed by atoms with Gasteiger partial charge in [-0.1, -0.05) is 19.1 Å². The van der Waals surface area contributed by atoms with E-state index in [2.05, 4.69) is 35.5 Å². The summed E-state index contributed by atoms with van der Waals surface area (Å²) in [5, 5.41) is 0.690. The van der Waals surface area contributed by atoms with E-state index in [0.717, 1.165) is 18.8 Å². The quantitative estimate of drug-likeness (QED) is 0.859. The Bertz CT molecular complexity index is 436. The summed E-state index contributed by atoms with van der Waals surface area (Å²) in [4.78, 5) is 7.06. The summed E-state index contributed by atoms with van der Waals surface area (Å²) in [6, 6.07) is 4.65. The zero-order chi connectivity index (χ0) is 13.1. The molecule has 2 rings (SSSR count). The number of pyridine rings is 1. The SMILES string of the molecule is CC1SCCN(Cc2ccnc(C(N)=S)c2)C1C. The molecule has 0 aromatic carbocycles. The van der Waals surface area contributed by atoms with Crippen LogP contribution in [0.15, 0.2) is 18.3 Å². The zero-order valence-electron chi connectivity index (χ0n) is 10.8. The maximum atomic E-state index is 5.62. The van der Waals surface area contributed by atoms with E-state index in [4.69, 9.17) is 18.0 Å². The van der Waals surface area contributed by atoms with Crippen molar-refractivity contribution < 1.29 is 0 Å². The van der Waals surface area contributed by atoms with Gasteiger partial charge < -0.3 is 5.73 Å². The summed E-state index contributed by atoms with van der Waals surface area (Å²) >= 11 is 7.02. The van der Waals surface area contributed by atoms with Crippen LogP contribution in [0.4, 0.5) is 0 Å². The van der Waals surface area contributed by atoms with Gasteiger partial charge in [0, 0.05) is 36.3 Å². The first-order chi connectivity index (χ1) is 8.58. The van der Waals surface area contributed by atoms with E-state index in [0.29, 0.717) is 16.3 Å². The van der Waals surface area contributed by atoms with Crippen LogP contribution in [0.5, 0.6) is 0 Å². The molecule has 5 heteroatoms. The minimum atomic E-state index is 0.368. The van der Waals surface area contributed by atoms with Crippen molar-refractivity contribution in [3.63, 3.8) is 0 Å². The number of hydrogen-bond donors (Lipinski definition) is 1. The number of aromatic nitrogens is 1. The van der Waals surface area contributed by atoms with E-state index in [9.17, 15) is 0 Å². The second-order valence-electron chi connectivity index (χ2n) is 4.70. The lowest BCUT2D eigenvalue weighted by Crippen LogP contribution is -2.43. The number of rotatable bonds is 3. The van der Waals surface area contributed by atoms with Gasteiger partial charge in [0.15, 0.2) is 0 Å². The van der Waals surface area contributed by atoms with E-state index in [-0.39, 0.29) is 0 Å². The van der Waals surface area contributed by atoms with Crippen molar-refractivity contribution in [2.24, 2.45) is 5.73 Å². The molecule has 2 N–H and O–H groups in total. The van der Waals surface area contributed by atoms with Crippen molar-refractivity contribution in [3.8, 4) is 0 Å². The van der Waals surface area contributed by atoms with Gasteiger partial charge in [0.1, 0.15) is 4.99 Å². The van der Waals surface area contributed by atoms with Crippen LogP contribution in [0.3, 0.4) is 0 Å². The van der Waals surface area contributed by atoms with Crippen molar-refractivity contribution in [1.29, 1.82) is 0 Å². The smallest absolute Gasteiger partial charge is 0.122 e. The van der Waals surface area contributed by atoms with Crippen molar-refractivity contribution in [1.82, 2.24) is 9.88 Å². The van der Waals surface area contributed by atoms with Gasteiger partial charge in [-0.2, -0.15) is 11.8 Å². The molecule has 0 amide bonds. The van der Waals surface area contributed by atoms with E-state index in [1.165, 1.54) is 11.3 Å². The molecule has 1 fully saturated rings. The molecule has 0 saturated carbocycles. The fourth-order valence-electron chi connectivity index (χ4n) is 2.16. The molecule has 1 aromatic rings. The molecular weight excluding hydrogens is 262 g/mol. The normalized spacial score (nSPS) is 25.0. The van der Waals surface area contributed by atoms with Crippen molar-refractivity contribution in [2.75, 3.05) is 12.3 Å². The standard InChI is InChI=1S/C13H19N3S2/c1-9-10(2)18-6-5-16(9)8-11-3-4-15-12(7-11)13(14)17/h3-4,7,9-10H,5-6,8H2,1-2H3,(H2,14,17). The molecule has 0 aliphatic carbocycles. The Kier molecular flexibility index (Phi) is 4.59. The highest BCUT2D eigenvalue weighted by Gasteiger charge is 2.24. The average molecular weight is 281 g/mol. The van der Waals surface area contributed by atoms with E-state index in [1.807, 2.05) is 12.1 Å². The zero-order valence-corrected chi connectivity index (χ0v) is 12.4. The number of thiocarbonyl (C=S) groups is 1. The van der Waals surface area contributed by atoms with Gasteiger partial charge in [0.05, 0.1) is 5.69 Å². The largest absolute Gasteiger partial charge is 0.388 e. The Morgan fingerprint density at radius 1 is 1.61 bits per heavy atom. The van der Waals surface area contributed by atoms with Crippen molar-refractivity contribution in [2.45, 2.75) is 31.7 Å². The predicted octanol–water partition coefficient (Wildman–Crippen LogP) is 2.04. The second-order valence-corrected chi connectivity index (χ2v) is 6.63. The van der Waals surface area contributed by atoms with Crippen LogP contribution in [0, 0.1) is 0 Å². The third-order valence-corrected chi connectivity index (χ3v) is 5.02. The lowest BCUT2D eigenvalue weighted by atomic mass is 10.1. The molecule has 0 spiro atoms. The third-order valence-electron chi connectivity index (χ3n) is 3.48. The minimum Gasteiger partial charge on any atom is -0.388 e. The molecule has 0 bridgehead atoms. The number of nitrogens with zero attached hydrogens (tertiary/aromatic N) is 2. The Morgan fingerprint density at radius 2 is 2.39 bits per heavy atom. The van der Waals surface area contributed by atoms with Crippen LogP contribution in [-0.4, -0.2) is 38.5 Å². The molecule has 2 heterocycles. The van der Waals surface area contributed by atoms with Gasteiger partial charge in [0.25, 0.3) is 0 Å². The fourth-order valence-corrected chi connectivity index (χ4v) is 3.43. The molecular formula is C13H19N3S2. The van der Waals surface area contributed by atoms with Crippen LogP contribution >= 0.6 is 24.0 Å². The molecule has 2 unspecified atom stereocenters. The lowest BCUT2D eigenvalue weighted by molar-refractivity contribution is 0.204. The Balaban J connectivity index is 2.08. The summed E-state index contributed by atoms with van der Waals surface area (Å²) < 4.78 is 0. The van der Waals surface area contributed by atoms with Crippen LogP contribution in [0.25, 0.3) is 0 Å². The first-order valence-electron chi connectivity index (χ1n) is 6.18. The van der Waals surface area contributed by atoms with Crippen molar-refractivity contribution in [3.05, 3.63) is 29.6 Å². The number of thioether (sulfide) groups is 1. The van der Waals surface area contributed by atoms with Gasteiger partial charge in [0.2, 0.25) is 0 Å². The van der Waals surface area contributed by atoms with Gasteiger partial charge in [-0.05, 0) is 24.6 Å². The molecule has 1 saturated heterocycles. The monoisotopic (exact) mass is 281 g/mol. The van der Waals surface area contributed by atoms with Crippen LogP contribution in [0.1, 0.15) is 25.1 Å². The molecule has 3 nitrogen and oxygen atoms in total. The summed E-state index contributed by atoms with van der Waals surface area (Å²) in [7, 11) is 0. The summed E-state index contributed by atoms with van der Waals surface area (Å²) in [6.45, 7) is 6.69. The predicted molar refractivity (Wildman–Crippen MR) is 81.9 cm³/mol. The molecule has 2 atom stereocenters. The van der Waals surface area contributed by atoms with Crippen molar-refractivity contribution >= 4 is 29.0 Å². The van der Waals surface area contributed by atoms with E-state index < -0.39 is 0 Å². The molecule has 1 aliphatic heterocycles. The van der Waals surface area contributed by atoms with Gasteiger partial charge in [-0.25, -0.2) is 0 Å². The Morgan fingerprint density at radius 3 is 3.11 bits per heavy atom. The Labute approximate surface area is 118 Å². The van der Waals surface area contributed by atoms with E-state index in [1.54, 1.807) is 6.20 Å². The second kappa shape index (κ2) is 5.99. The maximum absolute atomic E-state index is 5.62. The lowest BCUT2D eigenvalue weighted by Gasteiger charge is -2.37. The minimum absolute atomic E-state index is 0.368. The highest BCUT2D eigenvalue weighted by atomic mass is 32.2. The highest BCUT2D eigenvalue weighted by molar-refractivity contribution is 8.00. The van der Waals surface area contributed by atoms with Crippen LogP contribution < -0.4 is 5.73 Å². The van der Waals surface area contributed by atoms with Gasteiger partial charge >= 0.3 is 0 Å². The average Bonchev–Trinajstić information content (AvgIpc) is 2.35. The van der Waals surface area contributed by atoms with Gasteiger partial charge in [-0.15, -0.1) is 0 Å².